The summed E-state index contributed by atoms with van der Waals surface area (Å²) in [6, 6.07) is 6.65. The van der Waals surface area contributed by atoms with E-state index in [2.05, 4.69) is 25.9 Å². The van der Waals surface area contributed by atoms with Crippen LogP contribution in [0.2, 0.25) is 5.02 Å². The maximum atomic E-state index is 12.2. The average molecular weight is 464 g/mol. The van der Waals surface area contributed by atoms with Crippen LogP contribution in [0.1, 0.15) is 32.6 Å². The lowest BCUT2D eigenvalue weighted by Gasteiger charge is -2.07. The highest BCUT2D eigenvalue weighted by Gasteiger charge is 2.25. The third-order valence-electron chi connectivity index (χ3n) is 4.27. The van der Waals surface area contributed by atoms with Gasteiger partial charge in [-0.2, -0.15) is 9.67 Å². The normalized spacial score (nSPS) is 10.6. The summed E-state index contributed by atoms with van der Waals surface area (Å²) in [5.41, 5.74) is 0.771. The Morgan fingerprint density at radius 2 is 2.00 bits per heavy atom. The van der Waals surface area contributed by atoms with E-state index in [0.29, 0.717) is 17.0 Å². The molecule has 0 unspecified atom stereocenters. The Hall–Kier alpha value is -4.00. The molecule has 0 aliphatic rings. The minimum atomic E-state index is -0.700. The van der Waals surface area contributed by atoms with Crippen LogP contribution >= 0.6 is 11.6 Å². The van der Waals surface area contributed by atoms with Crippen molar-refractivity contribution in [1.82, 2.24) is 30.6 Å². The van der Waals surface area contributed by atoms with Crippen LogP contribution in [0.4, 0.5) is 5.82 Å². The number of carbonyl (C=O) groups is 2. The lowest BCUT2D eigenvalue weighted by molar-refractivity contribution is -0.389. The van der Waals surface area contributed by atoms with E-state index in [4.69, 9.17) is 20.9 Å². The SMILES string of the molecule is COc1cccc(C(=O)NCCNC(=O)c2nc(Cn3nc([N+](=O)[O-])c(Cl)c3C)no2)c1. The average Bonchev–Trinajstić information content (AvgIpc) is 3.37. The van der Waals surface area contributed by atoms with Gasteiger partial charge in [0.15, 0.2) is 10.8 Å². The van der Waals surface area contributed by atoms with E-state index in [0.717, 1.165) is 0 Å². The fraction of sp³-hybridized carbons (Fsp3) is 0.278. The van der Waals surface area contributed by atoms with Crippen molar-refractivity contribution in [3.63, 3.8) is 0 Å². The summed E-state index contributed by atoms with van der Waals surface area (Å²) in [6.45, 7) is 1.76. The first-order valence-corrected chi connectivity index (χ1v) is 9.58. The fourth-order valence-electron chi connectivity index (χ4n) is 2.62. The molecule has 14 heteroatoms. The molecule has 0 atom stereocenters. The molecule has 3 aromatic rings. The number of halogens is 1. The largest absolute Gasteiger partial charge is 0.497 e. The summed E-state index contributed by atoms with van der Waals surface area (Å²) in [5.74, 6) is -1.11. The maximum Gasteiger partial charge on any atom is 0.408 e. The van der Waals surface area contributed by atoms with Crippen molar-refractivity contribution >= 4 is 29.2 Å². The predicted octanol–water partition coefficient (Wildman–Crippen LogP) is 1.35. The third-order valence-corrected chi connectivity index (χ3v) is 4.71. The van der Waals surface area contributed by atoms with Crippen molar-refractivity contribution in [1.29, 1.82) is 0 Å². The monoisotopic (exact) mass is 463 g/mol. The molecule has 2 heterocycles. The first-order valence-electron chi connectivity index (χ1n) is 9.20. The summed E-state index contributed by atoms with van der Waals surface area (Å²) in [5, 5.41) is 23.5. The Balaban J connectivity index is 1.50. The van der Waals surface area contributed by atoms with Gasteiger partial charge in [0.2, 0.25) is 0 Å². The van der Waals surface area contributed by atoms with E-state index >= 15 is 0 Å². The Bertz CT molecular complexity index is 1160. The minimum absolute atomic E-state index is 0.0766. The first kappa shape index (κ1) is 22.7. The third kappa shape index (κ3) is 5.18. The minimum Gasteiger partial charge on any atom is -0.497 e. The number of nitrogens with one attached hydrogen (secondary N) is 2. The number of nitro groups is 1. The molecule has 168 valence electrons. The van der Waals surface area contributed by atoms with E-state index in [-0.39, 0.29) is 42.3 Å². The molecule has 0 saturated heterocycles. The first-order chi connectivity index (χ1) is 15.3. The number of hydrogen-bond donors (Lipinski definition) is 2. The number of aromatic nitrogens is 4. The van der Waals surface area contributed by atoms with Crippen LogP contribution in [0, 0.1) is 17.0 Å². The molecule has 1 aromatic carbocycles. The molecule has 0 saturated carbocycles. The number of carbonyl (C=O) groups excluding carboxylic acids is 2. The van der Waals surface area contributed by atoms with Crippen molar-refractivity contribution in [2.75, 3.05) is 20.2 Å². The van der Waals surface area contributed by atoms with Gasteiger partial charge in [0.1, 0.15) is 12.3 Å². The lowest BCUT2D eigenvalue weighted by Crippen LogP contribution is -2.34. The Labute approximate surface area is 185 Å². The van der Waals surface area contributed by atoms with Gasteiger partial charge in [-0.15, -0.1) is 0 Å². The van der Waals surface area contributed by atoms with Crippen LogP contribution < -0.4 is 15.4 Å². The van der Waals surface area contributed by atoms with Gasteiger partial charge in [-0.25, -0.2) is 0 Å². The zero-order chi connectivity index (χ0) is 23.3. The standard InChI is InChI=1S/C18H18ClN7O6/c1-10-14(19)15(26(29)30)23-25(10)9-13-22-18(32-24-13)17(28)21-7-6-20-16(27)11-4-3-5-12(8-11)31-2/h3-5,8H,6-7,9H2,1-2H3,(H,20,27)(H,21,28). The summed E-state index contributed by atoms with van der Waals surface area (Å²) in [7, 11) is 1.50. The van der Waals surface area contributed by atoms with Gasteiger partial charge >= 0.3 is 17.6 Å². The number of hydrogen-bond acceptors (Lipinski definition) is 9. The highest BCUT2D eigenvalue weighted by Crippen LogP contribution is 2.26. The molecule has 2 aromatic heterocycles. The molecule has 2 N–H and O–H groups in total. The summed E-state index contributed by atoms with van der Waals surface area (Å²) < 4.78 is 11.2. The van der Waals surface area contributed by atoms with Crippen LogP contribution in [-0.2, 0) is 6.54 Å². The highest BCUT2D eigenvalue weighted by atomic mass is 35.5. The molecule has 3 rings (SSSR count). The van der Waals surface area contributed by atoms with Gasteiger partial charge in [-0.05, 0) is 30.0 Å². The van der Waals surface area contributed by atoms with E-state index in [1.165, 1.54) is 11.8 Å². The number of amides is 2. The molecule has 0 radical (unpaired) electrons. The number of rotatable bonds is 9. The van der Waals surface area contributed by atoms with Crippen molar-refractivity contribution in [2.45, 2.75) is 13.5 Å². The van der Waals surface area contributed by atoms with Crippen LogP contribution in [0.5, 0.6) is 5.75 Å². The zero-order valence-electron chi connectivity index (χ0n) is 17.0. The van der Waals surface area contributed by atoms with Gasteiger partial charge in [-0.1, -0.05) is 22.8 Å². The number of ether oxygens (including phenoxy) is 1. The molecule has 0 spiro atoms. The molecule has 0 aliphatic carbocycles. The Kier molecular flexibility index (Phi) is 7.00. The van der Waals surface area contributed by atoms with Gasteiger partial charge in [0.25, 0.3) is 5.91 Å². The van der Waals surface area contributed by atoms with Gasteiger partial charge < -0.3 is 30.0 Å². The number of methoxy groups -OCH3 is 1. The second-order valence-electron chi connectivity index (χ2n) is 6.40. The number of nitrogens with zero attached hydrogens (tertiary/aromatic N) is 5. The lowest BCUT2D eigenvalue weighted by atomic mass is 10.2. The molecule has 0 fully saturated rings. The van der Waals surface area contributed by atoms with Crippen molar-refractivity contribution in [3.05, 3.63) is 62.4 Å². The quantitative estimate of drug-likeness (QED) is 0.270. The van der Waals surface area contributed by atoms with Gasteiger partial charge in [0.05, 0.1) is 17.9 Å². The topological polar surface area (TPSA) is 167 Å². The molecule has 13 nitrogen and oxygen atoms in total. The van der Waals surface area contributed by atoms with Gasteiger partial charge in [0, 0.05) is 18.7 Å². The van der Waals surface area contributed by atoms with E-state index in [1.807, 2.05) is 0 Å². The highest BCUT2D eigenvalue weighted by molar-refractivity contribution is 6.33. The van der Waals surface area contributed by atoms with Crippen LogP contribution in [0.25, 0.3) is 0 Å². The molecular formula is C18H18ClN7O6. The summed E-state index contributed by atoms with van der Waals surface area (Å²) in [6.07, 6.45) is 0. The van der Waals surface area contributed by atoms with E-state index in [9.17, 15) is 19.7 Å². The van der Waals surface area contributed by atoms with E-state index in [1.54, 1.807) is 31.2 Å². The van der Waals surface area contributed by atoms with Crippen molar-refractivity contribution in [2.24, 2.45) is 0 Å². The van der Waals surface area contributed by atoms with Crippen LogP contribution in [-0.4, -0.2) is 56.9 Å². The number of benzene rings is 1. The van der Waals surface area contributed by atoms with Crippen LogP contribution in [0.3, 0.4) is 0 Å². The molecule has 0 bridgehead atoms. The Morgan fingerprint density at radius 1 is 1.28 bits per heavy atom. The smallest absolute Gasteiger partial charge is 0.408 e. The fourth-order valence-corrected chi connectivity index (χ4v) is 2.82. The predicted molar refractivity (Wildman–Crippen MR) is 110 cm³/mol. The Morgan fingerprint density at radius 3 is 2.66 bits per heavy atom. The second-order valence-corrected chi connectivity index (χ2v) is 6.78. The van der Waals surface area contributed by atoms with Gasteiger partial charge in [-0.3, -0.25) is 9.59 Å². The second kappa shape index (κ2) is 9.87. The van der Waals surface area contributed by atoms with Crippen molar-refractivity contribution in [3.8, 4) is 5.75 Å². The molecule has 2 amide bonds. The maximum absolute atomic E-state index is 12.2. The molecular weight excluding hydrogens is 446 g/mol. The van der Waals surface area contributed by atoms with Crippen LogP contribution in [0.15, 0.2) is 28.8 Å². The summed E-state index contributed by atoms with van der Waals surface area (Å²) in [4.78, 5) is 38.4. The summed E-state index contributed by atoms with van der Waals surface area (Å²) >= 11 is 5.89. The zero-order valence-corrected chi connectivity index (χ0v) is 17.8. The molecule has 32 heavy (non-hydrogen) atoms. The van der Waals surface area contributed by atoms with E-state index < -0.39 is 16.6 Å². The van der Waals surface area contributed by atoms with Crippen molar-refractivity contribution < 1.29 is 23.8 Å². The molecule has 0 aliphatic heterocycles.